The van der Waals surface area contributed by atoms with Crippen molar-refractivity contribution in [2.24, 2.45) is 0 Å². The molecule has 0 spiro atoms. The number of anilines is 1. The summed E-state index contributed by atoms with van der Waals surface area (Å²) in [6.45, 7) is 7.27. The maximum atomic E-state index is 13.8. The number of nitrogens with one attached hydrogen (secondary N) is 1. The molecule has 0 saturated carbocycles. The van der Waals surface area contributed by atoms with Gasteiger partial charge in [0.1, 0.15) is 24.2 Å². The first-order valence-corrected chi connectivity index (χ1v) is 14.1. The number of aryl methyl sites for hydroxylation is 1. The van der Waals surface area contributed by atoms with Crippen LogP contribution >= 0.6 is 0 Å². The van der Waals surface area contributed by atoms with E-state index >= 15 is 0 Å². The largest absolute Gasteiger partial charge is 0.494 e. The van der Waals surface area contributed by atoms with Gasteiger partial charge in [-0.15, -0.1) is 0 Å². The number of halogens is 1. The van der Waals surface area contributed by atoms with Gasteiger partial charge in [0, 0.05) is 13.1 Å². The molecule has 3 aromatic rings. The number of rotatable bonds is 12. The minimum Gasteiger partial charge on any atom is -0.494 e. The minimum absolute atomic E-state index is 0.0117. The predicted molar refractivity (Wildman–Crippen MR) is 148 cm³/mol. The number of nitrogens with zero attached hydrogens (tertiary/aromatic N) is 2. The van der Waals surface area contributed by atoms with Gasteiger partial charge in [0.2, 0.25) is 11.8 Å². The van der Waals surface area contributed by atoms with Gasteiger partial charge in [-0.3, -0.25) is 13.9 Å². The molecule has 8 nitrogen and oxygen atoms in total. The van der Waals surface area contributed by atoms with E-state index in [-0.39, 0.29) is 17.3 Å². The summed E-state index contributed by atoms with van der Waals surface area (Å²) in [4.78, 5) is 27.8. The second kappa shape index (κ2) is 13.2. The van der Waals surface area contributed by atoms with Crippen LogP contribution in [0.4, 0.5) is 10.1 Å². The van der Waals surface area contributed by atoms with Gasteiger partial charge in [0.05, 0.1) is 17.2 Å². The third-order valence-electron chi connectivity index (χ3n) is 6.11. The van der Waals surface area contributed by atoms with Gasteiger partial charge in [-0.1, -0.05) is 29.8 Å². The highest BCUT2D eigenvalue weighted by Gasteiger charge is 2.32. The molecular formula is C29H34FN3O5S. The maximum Gasteiger partial charge on any atom is 0.264 e. The minimum atomic E-state index is -4.18. The number of benzene rings is 3. The highest BCUT2D eigenvalue weighted by atomic mass is 32.2. The zero-order valence-electron chi connectivity index (χ0n) is 22.6. The summed E-state index contributed by atoms with van der Waals surface area (Å²) in [5.41, 5.74) is 1.82. The van der Waals surface area contributed by atoms with Crippen LogP contribution in [0.5, 0.6) is 5.75 Å². The van der Waals surface area contributed by atoms with Crippen LogP contribution in [0.2, 0.25) is 0 Å². The molecule has 3 aromatic carbocycles. The number of hydrogen-bond acceptors (Lipinski definition) is 5. The molecule has 0 radical (unpaired) electrons. The molecular weight excluding hydrogens is 521 g/mol. The lowest BCUT2D eigenvalue weighted by Gasteiger charge is -2.32. The quantitative estimate of drug-likeness (QED) is 0.360. The third kappa shape index (κ3) is 7.57. The Bertz CT molecular complexity index is 1360. The number of sulfonamides is 1. The number of likely N-dealkylation sites (N-methyl/N-ethyl adjacent to an activating group) is 1. The first-order valence-electron chi connectivity index (χ1n) is 12.7. The molecule has 0 heterocycles. The van der Waals surface area contributed by atoms with E-state index in [1.54, 1.807) is 50.2 Å². The van der Waals surface area contributed by atoms with Crippen LogP contribution in [0.1, 0.15) is 31.9 Å². The molecule has 0 aliphatic heterocycles. The SMILES string of the molecule is CCNC(=O)C(C)N(Cc1ccc(F)cc1)C(=O)CN(c1ccc(C)cc1)S(=O)(=O)c1ccc(OCC)cc1. The molecule has 0 aliphatic carbocycles. The molecule has 1 N–H and O–H groups in total. The Balaban J connectivity index is 2.00. The molecule has 0 aromatic heterocycles. The number of amides is 2. The number of carbonyl (C=O) groups excluding carboxylic acids is 2. The summed E-state index contributed by atoms with van der Waals surface area (Å²) < 4.78 is 47.6. The van der Waals surface area contributed by atoms with Crippen LogP contribution in [-0.4, -0.2) is 50.9 Å². The molecule has 0 bridgehead atoms. The predicted octanol–water partition coefficient (Wildman–Crippen LogP) is 4.28. The zero-order chi connectivity index (χ0) is 28.6. The number of hydrogen-bond donors (Lipinski definition) is 1. The van der Waals surface area contributed by atoms with Crippen molar-refractivity contribution < 1.29 is 27.1 Å². The average Bonchev–Trinajstić information content (AvgIpc) is 2.92. The molecule has 1 atom stereocenters. The topological polar surface area (TPSA) is 96.0 Å². The van der Waals surface area contributed by atoms with E-state index in [1.165, 1.54) is 41.3 Å². The van der Waals surface area contributed by atoms with Crippen molar-refractivity contribution in [3.8, 4) is 5.75 Å². The van der Waals surface area contributed by atoms with Gasteiger partial charge < -0.3 is 15.0 Å². The van der Waals surface area contributed by atoms with Gasteiger partial charge in [-0.25, -0.2) is 12.8 Å². The van der Waals surface area contributed by atoms with E-state index in [4.69, 9.17) is 4.74 Å². The summed E-state index contributed by atoms with van der Waals surface area (Å²) in [5, 5.41) is 2.70. The van der Waals surface area contributed by atoms with Gasteiger partial charge in [0.15, 0.2) is 0 Å². The Morgan fingerprint density at radius 1 is 0.949 bits per heavy atom. The van der Waals surface area contributed by atoms with E-state index in [2.05, 4.69) is 5.32 Å². The van der Waals surface area contributed by atoms with Gasteiger partial charge in [0.25, 0.3) is 10.0 Å². The lowest BCUT2D eigenvalue weighted by molar-refractivity contribution is -0.139. The van der Waals surface area contributed by atoms with E-state index in [0.717, 1.165) is 9.87 Å². The van der Waals surface area contributed by atoms with Crippen LogP contribution in [0.3, 0.4) is 0 Å². The Hall–Kier alpha value is -3.92. The van der Waals surface area contributed by atoms with Crippen LogP contribution in [0, 0.1) is 12.7 Å². The summed E-state index contributed by atoms with van der Waals surface area (Å²) in [7, 11) is -4.18. The van der Waals surface area contributed by atoms with Crippen molar-refractivity contribution in [2.45, 2.75) is 45.2 Å². The first-order chi connectivity index (χ1) is 18.6. The summed E-state index contributed by atoms with van der Waals surface area (Å²) >= 11 is 0. The van der Waals surface area contributed by atoms with Gasteiger partial charge in [-0.05, 0) is 81.8 Å². The monoisotopic (exact) mass is 555 g/mol. The molecule has 3 rings (SSSR count). The number of carbonyl (C=O) groups is 2. The second-order valence-corrected chi connectivity index (χ2v) is 10.8. The summed E-state index contributed by atoms with van der Waals surface area (Å²) in [5.74, 6) is -0.881. The molecule has 208 valence electrons. The Labute approximate surface area is 229 Å². The van der Waals surface area contributed by atoms with E-state index < -0.39 is 34.3 Å². The van der Waals surface area contributed by atoms with E-state index in [0.29, 0.717) is 30.2 Å². The molecule has 10 heteroatoms. The molecule has 39 heavy (non-hydrogen) atoms. The van der Waals surface area contributed by atoms with Gasteiger partial charge in [-0.2, -0.15) is 0 Å². The molecule has 0 aliphatic rings. The summed E-state index contributed by atoms with van der Waals surface area (Å²) in [6.07, 6.45) is 0. The van der Waals surface area contributed by atoms with Crippen molar-refractivity contribution in [3.05, 3.63) is 89.7 Å². The Morgan fingerprint density at radius 3 is 2.13 bits per heavy atom. The van der Waals surface area contributed by atoms with Crippen molar-refractivity contribution in [3.63, 3.8) is 0 Å². The normalized spacial score (nSPS) is 11.9. The van der Waals surface area contributed by atoms with Crippen molar-refractivity contribution in [2.75, 3.05) is 24.0 Å². The molecule has 1 unspecified atom stereocenters. The fourth-order valence-corrected chi connectivity index (χ4v) is 5.35. The fraction of sp³-hybridized carbons (Fsp3) is 0.310. The highest BCUT2D eigenvalue weighted by Crippen LogP contribution is 2.26. The second-order valence-electron chi connectivity index (χ2n) is 8.97. The molecule has 0 saturated heterocycles. The molecule has 0 fully saturated rings. The Kier molecular flexibility index (Phi) is 10.1. The lowest BCUT2D eigenvalue weighted by Crippen LogP contribution is -2.51. The lowest BCUT2D eigenvalue weighted by atomic mass is 10.1. The zero-order valence-corrected chi connectivity index (χ0v) is 23.4. The fourth-order valence-electron chi connectivity index (χ4n) is 3.93. The van der Waals surface area contributed by atoms with Crippen LogP contribution < -0.4 is 14.4 Å². The van der Waals surface area contributed by atoms with Crippen LogP contribution in [-0.2, 0) is 26.2 Å². The summed E-state index contributed by atoms with van der Waals surface area (Å²) in [6, 6.07) is 17.4. The Morgan fingerprint density at radius 2 is 1.56 bits per heavy atom. The maximum absolute atomic E-state index is 13.8. The smallest absolute Gasteiger partial charge is 0.264 e. The van der Waals surface area contributed by atoms with Crippen LogP contribution in [0.15, 0.2) is 77.7 Å². The van der Waals surface area contributed by atoms with Crippen molar-refractivity contribution >= 4 is 27.5 Å². The number of ether oxygens (including phenoxy) is 1. The first kappa shape index (κ1) is 29.6. The van der Waals surface area contributed by atoms with Crippen molar-refractivity contribution in [1.29, 1.82) is 0 Å². The molecule has 2 amide bonds. The average molecular weight is 556 g/mol. The standard InChI is InChI=1S/C29H34FN3O5S/c1-5-31-29(35)22(4)32(19-23-9-11-24(30)12-10-23)28(34)20-33(25-13-7-21(3)8-14-25)39(36,37)27-17-15-26(16-18-27)38-6-2/h7-18,22H,5-6,19-20H2,1-4H3,(H,31,35). The van der Waals surface area contributed by atoms with E-state index in [1.807, 2.05) is 13.8 Å². The highest BCUT2D eigenvalue weighted by molar-refractivity contribution is 7.92. The van der Waals surface area contributed by atoms with Crippen LogP contribution in [0.25, 0.3) is 0 Å². The third-order valence-corrected chi connectivity index (χ3v) is 7.90. The van der Waals surface area contributed by atoms with Gasteiger partial charge >= 0.3 is 0 Å². The van der Waals surface area contributed by atoms with E-state index in [9.17, 15) is 22.4 Å². The van der Waals surface area contributed by atoms with Crippen molar-refractivity contribution in [1.82, 2.24) is 10.2 Å².